The van der Waals surface area contributed by atoms with Crippen molar-refractivity contribution in [1.82, 2.24) is 0 Å². The van der Waals surface area contributed by atoms with E-state index in [0.29, 0.717) is 5.75 Å². The van der Waals surface area contributed by atoms with Gasteiger partial charge in [-0.2, -0.15) is 0 Å². The standard InChI is InChI=1S/C12H10Br2O2S/c1-16-9-5-3-2-4-7(9)11(15)8-6-10(13)17-12(8)14/h2-6,11,15H,1H3. The van der Waals surface area contributed by atoms with Gasteiger partial charge in [0.1, 0.15) is 11.9 Å². The first-order valence-corrected chi connectivity index (χ1v) is 7.29. The van der Waals surface area contributed by atoms with E-state index in [4.69, 9.17) is 4.74 Å². The second-order valence-electron chi connectivity index (χ2n) is 3.42. The molecule has 0 saturated heterocycles. The van der Waals surface area contributed by atoms with Crippen LogP contribution in [-0.4, -0.2) is 12.2 Å². The van der Waals surface area contributed by atoms with Crippen LogP contribution < -0.4 is 4.74 Å². The van der Waals surface area contributed by atoms with Gasteiger partial charge in [-0.15, -0.1) is 11.3 Å². The van der Waals surface area contributed by atoms with Crippen molar-refractivity contribution in [1.29, 1.82) is 0 Å². The van der Waals surface area contributed by atoms with Crippen LogP contribution in [0.2, 0.25) is 0 Å². The van der Waals surface area contributed by atoms with E-state index in [9.17, 15) is 5.11 Å². The van der Waals surface area contributed by atoms with Crippen molar-refractivity contribution < 1.29 is 9.84 Å². The number of hydrogen-bond donors (Lipinski definition) is 1. The average molecular weight is 378 g/mol. The molecule has 1 atom stereocenters. The van der Waals surface area contributed by atoms with E-state index in [1.54, 1.807) is 7.11 Å². The zero-order valence-electron chi connectivity index (χ0n) is 8.98. The molecule has 1 aromatic heterocycles. The fraction of sp³-hybridized carbons (Fsp3) is 0.167. The van der Waals surface area contributed by atoms with Crippen molar-refractivity contribution in [3.8, 4) is 5.75 Å². The molecule has 1 unspecified atom stereocenters. The highest BCUT2D eigenvalue weighted by molar-refractivity contribution is 9.12. The Morgan fingerprint density at radius 2 is 1.94 bits per heavy atom. The largest absolute Gasteiger partial charge is 0.496 e. The van der Waals surface area contributed by atoms with Crippen molar-refractivity contribution >= 4 is 43.2 Å². The Hall–Kier alpha value is -0.360. The number of ether oxygens (including phenoxy) is 1. The lowest BCUT2D eigenvalue weighted by atomic mass is 10.0. The summed E-state index contributed by atoms with van der Waals surface area (Å²) in [4.78, 5) is 0. The number of hydrogen-bond acceptors (Lipinski definition) is 3. The predicted molar refractivity (Wildman–Crippen MR) is 76.8 cm³/mol. The molecule has 5 heteroatoms. The van der Waals surface area contributed by atoms with Crippen LogP contribution in [0.3, 0.4) is 0 Å². The molecule has 0 spiro atoms. The molecule has 0 aliphatic heterocycles. The molecular formula is C12H10Br2O2S. The summed E-state index contributed by atoms with van der Waals surface area (Å²) in [6.45, 7) is 0. The van der Waals surface area contributed by atoms with E-state index >= 15 is 0 Å². The summed E-state index contributed by atoms with van der Waals surface area (Å²) in [5.41, 5.74) is 1.60. The van der Waals surface area contributed by atoms with Crippen molar-refractivity contribution in [2.75, 3.05) is 7.11 Å². The maximum absolute atomic E-state index is 10.4. The average Bonchev–Trinajstić information content (AvgIpc) is 2.67. The van der Waals surface area contributed by atoms with Crippen molar-refractivity contribution in [3.05, 3.63) is 49.0 Å². The van der Waals surface area contributed by atoms with Gasteiger partial charge in [0.05, 0.1) is 14.7 Å². The lowest BCUT2D eigenvalue weighted by molar-refractivity contribution is 0.214. The van der Waals surface area contributed by atoms with Crippen molar-refractivity contribution in [2.45, 2.75) is 6.10 Å². The minimum atomic E-state index is -0.692. The Morgan fingerprint density at radius 1 is 1.24 bits per heavy atom. The van der Waals surface area contributed by atoms with E-state index in [1.807, 2.05) is 30.3 Å². The molecule has 0 aliphatic carbocycles. The molecule has 1 aromatic carbocycles. The smallest absolute Gasteiger partial charge is 0.125 e. The summed E-state index contributed by atoms with van der Waals surface area (Å²) in [5, 5.41) is 10.4. The van der Waals surface area contributed by atoms with Crippen LogP contribution in [-0.2, 0) is 0 Å². The molecule has 0 aliphatic rings. The van der Waals surface area contributed by atoms with Crippen LogP contribution in [0.1, 0.15) is 17.2 Å². The maximum Gasteiger partial charge on any atom is 0.125 e. The molecule has 17 heavy (non-hydrogen) atoms. The molecule has 0 fully saturated rings. The van der Waals surface area contributed by atoms with Gasteiger partial charge >= 0.3 is 0 Å². The lowest BCUT2D eigenvalue weighted by Gasteiger charge is -2.14. The van der Waals surface area contributed by atoms with Gasteiger partial charge in [0.2, 0.25) is 0 Å². The Labute approximate surface area is 121 Å². The Bertz CT molecular complexity index is 525. The second-order valence-corrected chi connectivity index (χ2v) is 7.17. The number of halogens is 2. The van der Waals surface area contributed by atoms with E-state index < -0.39 is 6.10 Å². The predicted octanol–water partition coefficient (Wildman–Crippen LogP) is 4.36. The highest BCUT2D eigenvalue weighted by Crippen LogP contribution is 2.39. The number of thiophene rings is 1. The molecule has 90 valence electrons. The first-order chi connectivity index (χ1) is 8.13. The first-order valence-electron chi connectivity index (χ1n) is 4.89. The fourth-order valence-corrected chi connectivity index (χ4v) is 4.48. The van der Waals surface area contributed by atoms with Gasteiger partial charge in [-0.25, -0.2) is 0 Å². The molecular weight excluding hydrogens is 368 g/mol. The number of aliphatic hydroxyl groups is 1. The van der Waals surface area contributed by atoms with Gasteiger partial charge in [0.25, 0.3) is 0 Å². The monoisotopic (exact) mass is 376 g/mol. The Kier molecular flexibility index (Phi) is 4.25. The maximum atomic E-state index is 10.4. The lowest BCUT2D eigenvalue weighted by Crippen LogP contribution is -2.01. The van der Waals surface area contributed by atoms with Crippen LogP contribution >= 0.6 is 43.2 Å². The molecule has 1 heterocycles. The van der Waals surface area contributed by atoms with Crippen molar-refractivity contribution in [3.63, 3.8) is 0 Å². The number of methoxy groups -OCH3 is 1. The van der Waals surface area contributed by atoms with Gasteiger partial charge in [0.15, 0.2) is 0 Å². The normalized spacial score (nSPS) is 12.5. The molecule has 1 N–H and O–H groups in total. The number of rotatable bonds is 3. The topological polar surface area (TPSA) is 29.5 Å². The molecule has 2 rings (SSSR count). The molecule has 0 radical (unpaired) electrons. The SMILES string of the molecule is COc1ccccc1C(O)c1cc(Br)sc1Br. The van der Waals surface area contributed by atoms with E-state index in [2.05, 4.69) is 31.9 Å². The van der Waals surface area contributed by atoms with Gasteiger partial charge in [-0.3, -0.25) is 0 Å². The third kappa shape index (κ3) is 2.73. The van der Waals surface area contributed by atoms with Gasteiger partial charge in [-0.05, 0) is 44.0 Å². The Balaban J connectivity index is 2.43. The second kappa shape index (κ2) is 5.52. The highest BCUT2D eigenvalue weighted by Gasteiger charge is 2.19. The zero-order chi connectivity index (χ0) is 12.4. The van der Waals surface area contributed by atoms with Crippen LogP contribution in [0.15, 0.2) is 37.9 Å². The zero-order valence-corrected chi connectivity index (χ0v) is 13.0. The van der Waals surface area contributed by atoms with Gasteiger partial charge < -0.3 is 9.84 Å². The summed E-state index contributed by atoms with van der Waals surface area (Å²) in [6.07, 6.45) is -0.692. The number of benzene rings is 1. The van der Waals surface area contributed by atoms with Crippen LogP contribution in [0.25, 0.3) is 0 Å². The van der Waals surface area contributed by atoms with Crippen molar-refractivity contribution in [2.24, 2.45) is 0 Å². The third-order valence-electron chi connectivity index (χ3n) is 2.41. The summed E-state index contributed by atoms with van der Waals surface area (Å²) in [6, 6.07) is 9.38. The van der Waals surface area contributed by atoms with E-state index in [-0.39, 0.29) is 0 Å². The molecule has 2 nitrogen and oxygen atoms in total. The third-order valence-corrected chi connectivity index (χ3v) is 4.80. The first kappa shape index (κ1) is 13.1. The summed E-state index contributed by atoms with van der Waals surface area (Å²) >= 11 is 8.39. The molecule has 0 saturated carbocycles. The molecule has 0 amide bonds. The van der Waals surface area contributed by atoms with Gasteiger partial charge in [0, 0.05) is 11.1 Å². The fourth-order valence-electron chi connectivity index (χ4n) is 1.60. The minimum Gasteiger partial charge on any atom is -0.496 e. The molecule has 2 aromatic rings. The van der Waals surface area contributed by atoms with Crippen LogP contribution in [0.5, 0.6) is 5.75 Å². The minimum absolute atomic E-state index is 0.689. The summed E-state index contributed by atoms with van der Waals surface area (Å²) in [5.74, 6) is 0.689. The Morgan fingerprint density at radius 3 is 2.53 bits per heavy atom. The number of para-hydroxylation sites is 1. The van der Waals surface area contributed by atoms with Crippen LogP contribution in [0.4, 0.5) is 0 Å². The van der Waals surface area contributed by atoms with E-state index in [0.717, 1.165) is 18.7 Å². The van der Waals surface area contributed by atoms with E-state index in [1.165, 1.54) is 11.3 Å². The van der Waals surface area contributed by atoms with Gasteiger partial charge in [-0.1, -0.05) is 18.2 Å². The summed E-state index contributed by atoms with van der Waals surface area (Å²) in [7, 11) is 1.60. The van der Waals surface area contributed by atoms with Crippen LogP contribution in [0, 0.1) is 0 Å². The quantitative estimate of drug-likeness (QED) is 0.860. The molecule has 0 bridgehead atoms. The summed E-state index contributed by atoms with van der Waals surface area (Å²) < 4.78 is 7.15. The highest BCUT2D eigenvalue weighted by atomic mass is 79.9. The number of aliphatic hydroxyl groups excluding tert-OH is 1.